The van der Waals surface area contributed by atoms with Gasteiger partial charge in [0.05, 0.1) is 28.0 Å². The van der Waals surface area contributed by atoms with Crippen LogP contribution in [0.4, 0.5) is 17.1 Å². The van der Waals surface area contributed by atoms with Gasteiger partial charge in [-0.2, -0.15) is 0 Å². The zero-order valence-corrected chi connectivity index (χ0v) is 15.5. The van der Waals surface area contributed by atoms with Crippen molar-refractivity contribution in [3.8, 4) is 22.6 Å². The van der Waals surface area contributed by atoms with Crippen molar-refractivity contribution in [1.82, 2.24) is 15.0 Å². The highest BCUT2D eigenvalue weighted by Gasteiger charge is 2.27. The molecule has 0 radical (unpaired) electrons. The van der Waals surface area contributed by atoms with Crippen molar-refractivity contribution in [1.29, 1.82) is 0 Å². The number of fused-ring (bicyclic) bond motifs is 2. The van der Waals surface area contributed by atoms with Crippen LogP contribution in [-0.2, 0) is 0 Å². The van der Waals surface area contributed by atoms with Crippen LogP contribution >= 0.6 is 0 Å². The first-order chi connectivity index (χ1) is 14.4. The smallest absolute Gasteiger partial charge is 0.160 e. The Balaban J connectivity index is 1.71. The van der Waals surface area contributed by atoms with Crippen LogP contribution < -0.4 is 4.90 Å². The molecule has 3 heterocycles. The van der Waals surface area contributed by atoms with Crippen molar-refractivity contribution >= 4 is 28.0 Å². The molecule has 0 saturated heterocycles. The number of hydrogen-bond donors (Lipinski definition) is 0. The maximum absolute atomic E-state index is 5.02. The Bertz CT molecular complexity index is 1350. The van der Waals surface area contributed by atoms with Crippen molar-refractivity contribution in [2.45, 2.75) is 0 Å². The summed E-state index contributed by atoms with van der Waals surface area (Å²) < 4.78 is 0. The number of rotatable bonds is 2. The normalized spacial score (nSPS) is 12.1. The number of anilines is 3. The van der Waals surface area contributed by atoms with E-state index in [0.717, 1.165) is 50.6 Å². The van der Waals surface area contributed by atoms with Crippen LogP contribution in [-0.4, -0.2) is 15.0 Å². The standard InChI is InChI=1S/C25H16N4/c1-2-7-17(8-3-1)25-27-20-10-6-12-22-23(20)24(28-25)19-9-4-5-11-21(19)29(22)18-13-15-26-16-14-18/h1-16H. The molecule has 3 aromatic carbocycles. The van der Waals surface area contributed by atoms with Crippen LogP contribution in [0.3, 0.4) is 0 Å². The van der Waals surface area contributed by atoms with Crippen LogP contribution in [0.2, 0.25) is 0 Å². The van der Waals surface area contributed by atoms with Gasteiger partial charge in [-0.1, -0.05) is 54.6 Å². The molecule has 0 unspecified atom stereocenters. The van der Waals surface area contributed by atoms with E-state index >= 15 is 0 Å². The first kappa shape index (κ1) is 16.0. The van der Waals surface area contributed by atoms with Gasteiger partial charge in [0.15, 0.2) is 5.82 Å². The lowest BCUT2D eigenvalue weighted by atomic mass is 9.96. The summed E-state index contributed by atoms with van der Waals surface area (Å²) in [7, 11) is 0. The van der Waals surface area contributed by atoms with Gasteiger partial charge in [0, 0.05) is 29.2 Å². The van der Waals surface area contributed by atoms with Crippen molar-refractivity contribution in [2.75, 3.05) is 4.90 Å². The second kappa shape index (κ2) is 6.24. The van der Waals surface area contributed by atoms with Gasteiger partial charge in [-0.15, -0.1) is 0 Å². The molecular weight excluding hydrogens is 356 g/mol. The zero-order valence-electron chi connectivity index (χ0n) is 15.5. The molecule has 4 nitrogen and oxygen atoms in total. The minimum Gasteiger partial charge on any atom is -0.309 e. The Morgan fingerprint density at radius 2 is 1.38 bits per heavy atom. The molecule has 0 atom stereocenters. The van der Waals surface area contributed by atoms with E-state index in [1.165, 1.54) is 0 Å². The van der Waals surface area contributed by atoms with Gasteiger partial charge < -0.3 is 4.90 Å². The Hall–Kier alpha value is -4.05. The van der Waals surface area contributed by atoms with Crippen molar-refractivity contribution in [2.24, 2.45) is 0 Å². The lowest BCUT2D eigenvalue weighted by Crippen LogP contribution is -2.16. The fourth-order valence-electron chi connectivity index (χ4n) is 4.03. The maximum atomic E-state index is 5.02. The summed E-state index contributed by atoms with van der Waals surface area (Å²) in [6.07, 6.45) is 3.64. The third-order valence-electron chi connectivity index (χ3n) is 5.30. The number of pyridine rings is 1. The molecule has 4 heteroatoms. The molecule has 6 rings (SSSR count). The fraction of sp³-hybridized carbons (Fsp3) is 0. The maximum Gasteiger partial charge on any atom is 0.160 e. The highest BCUT2D eigenvalue weighted by atomic mass is 15.2. The van der Waals surface area contributed by atoms with Crippen molar-refractivity contribution in [3.05, 3.63) is 97.3 Å². The first-order valence-electron chi connectivity index (χ1n) is 9.56. The van der Waals surface area contributed by atoms with Gasteiger partial charge in [0.2, 0.25) is 0 Å². The SMILES string of the molecule is c1ccc(-c2nc3c4c(cccc4n2)N(c2ccncc2)c2ccccc2-3)cc1. The van der Waals surface area contributed by atoms with E-state index in [-0.39, 0.29) is 0 Å². The van der Waals surface area contributed by atoms with Crippen LogP contribution in [0.1, 0.15) is 0 Å². The van der Waals surface area contributed by atoms with Crippen LogP contribution in [0.25, 0.3) is 33.5 Å². The number of hydrogen-bond acceptors (Lipinski definition) is 4. The molecule has 0 aliphatic carbocycles. The average Bonchev–Trinajstić information content (AvgIpc) is 2.80. The quantitative estimate of drug-likeness (QED) is 0.366. The highest BCUT2D eigenvalue weighted by Crippen LogP contribution is 2.49. The molecular formula is C25H16N4. The molecule has 2 aromatic heterocycles. The Morgan fingerprint density at radius 3 is 2.24 bits per heavy atom. The Morgan fingerprint density at radius 1 is 0.621 bits per heavy atom. The number of nitrogens with zero attached hydrogens (tertiary/aromatic N) is 4. The molecule has 0 fully saturated rings. The lowest BCUT2D eigenvalue weighted by molar-refractivity contribution is 1.19. The molecule has 0 amide bonds. The van der Waals surface area contributed by atoms with Gasteiger partial charge in [-0.25, -0.2) is 9.97 Å². The first-order valence-corrected chi connectivity index (χ1v) is 9.56. The van der Waals surface area contributed by atoms with Gasteiger partial charge in [-0.3, -0.25) is 4.98 Å². The average molecular weight is 372 g/mol. The number of aromatic nitrogens is 3. The second-order valence-corrected chi connectivity index (χ2v) is 6.99. The molecule has 1 aliphatic rings. The summed E-state index contributed by atoms with van der Waals surface area (Å²) >= 11 is 0. The molecule has 0 N–H and O–H groups in total. The van der Waals surface area contributed by atoms with E-state index in [4.69, 9.17) is 9.97 Å². The molecule has 1 aliphatic heterocycles. The van der Waals surface area contributed by atoms with E-state index in [0.29, 0.717) is 0 Å². The third-order valence-corrected chi connectivity index (χ3v) is 5.30. The van der Waals surface area contributed by atoms with Crippen LogP contribution in [0.15, 0.2) is 97.3 Å². The van der Waals surface area contributed by atoms with E-state index < -0.39 is 0 Å². The summed E-state index contributed by atoms with van der Waals surface area (Å²) in [5.41, 5.74) is 7.30. The van der Waals surface area contributed by atoms with E-state index in [1.54, 1.807) is 0 Å². The van der Waals surface area contributed by atoms with Crippen LogP contribution in [0, 0.1) is 0 Å². The topological polar surface area (TPSA) is 41.9 Å². The molecule has 136 valence electrons. The predicted octanol–water partition coefficient (Wildman–Crippen LogP) is 6.14. The second-order valence-electron chi connectivity index (χ2n) is 6.99. The third kappa shape index (κ3) is 2.43. The predicted molar refractivity (Wildman–Crippen MR) is 116 cm³/mol. The number of benzene rings is 3. The van der Waals surface area contributed by atoms with Gasteiger partial charge in [0.25, 0.3) is 0 Å². The molecule has 29 heavy (non-hydrogen) atoms. The molecule has 5 aromatic rings. The van der Waals surface area contributed by atoms with E-state index in [2.05, 4.69) is 64.5 Å². The van der Waals surface area contributed by atoms with Crippen molar-refractivity contribution < 1.29 is 0 Å². The van der Waals surface area contributed by atoms with Gasteiger partial charge in [0.1, 0.15) is 0 Å². The van der Waals surface area contributed by atoms with Gasteiger partial charge in [-0.05, 0) is 30.3 Å². The summed E-state index contributed by atoms with van der Waals surface area (Å²) in [5, 5.41) is 1.07. The minimum atomic E-state index is 0.748. The van der Waals surface area contributed by atoms with Crippen LogP contribution in [0.5, 0.6) is 0 Å². The zero-order chi connectivity index (χ0) is 19.2. The highest BCUT2D eigenvalue weighted by molar-refractivity contribution is 6.11. The molecule has 0 bridgehead atoms. The summed E-state index contributed by atoms with van der Waals surface area (Å²) in [6, 6.07) is 28.9. The number of para-hydroxylation sites is 1. The molecule has 0 spiro atoms. The van der Waals surface area contributed by atoms with E-state index in [9.17, 15) is 0 Å². The Labute approximate surface area is 168 Å². The summed E-state index contributed by atoms with van der Waals surface area (Å²) in [5.74, 6) is 0.748. The monoisotopic (exact) mass is 372 g/mol. The van der Waals surface area contributed by atoms with E-state index in [1.807, 2.05) is 42.7 Å². The largest absolute Gasteiger partial charge is 0.309 e. The Kier molecular flexibility index (Phi) is 3.43. The van der Waals surface area contributed by atoms with Crippen molar-refractivity contribution in [3.63, 3.8) is 0 Å². The summed E-state index contributed by atoms with van der Waals surface area (Å²) in [4.78, 5) is 16.4. The minimum absolute atomic E-state index is 0.748. The van der Waals surface area contributed by atoms with Gasteiger partial charge >= 0.3 is 0 Å². The molecule has 0 saturated carbocycles. The lowest BCUT2D eigenvalue weighted by Gasteiger charge is -2.32. The fourth-order valence-corrected chi connectivity index (χ4v) is 4.03. The summed E-state index contributed by atoms with van der Waals surface area (Å²) in [6.45, 7) is 0.